The van der Waals surface area contributed by atoms with E-state index in [4.69, 9.17) is 0 Å². The molecule has 4 rings (SSSR count). The highest BCUT2D eigenvalue weighted by atomic mass is 32.2. The molecule has 4 aromatic rings. The number of benzene rings is 1. The van der Waals surface area contributed by atoms with Crippen molar-refractivity contribution in [3.63, 3.8) is 0 Å². The highest BCUT2D eigenvalue weighted by Crippen LogP contribution is 2.27. The molecule has 1 aromatic carbocycles. The molecule has 32 heavy (non-hydrogen) atoms. The fourth-order valence-electron chi connectivity index (χ4n) is 2.93. The van der Waals surface area contributed by atoms with Gasteiger partial charge in [-0.15, -0.1) is 21.5 Å². The minimum absolute atomic E-state index is 0.0617. The minimum atomic E-state index is -0.350. The zero-order chi connectivity index (χ0) is 22.3. The lowest BCUT2D eigenvalue weighted by atomic mass is 10.1. The van der Waals surface area contributed by atoms with Gasteiger partial charge in [-0.2, -0.15) is 0 Å². The molecule has 0 spiro atoms. The van der Waals surface area contributed by atoms with Crippen LogP contribution in [0.15, 0.2) is 71.5 Å². The first-order chi connectivity index (χ1) is 15.7. The third-order valence-electron chi connectivity index (χ3n) is 4.57. The largest absolute Gasteiger partial charge is 0.279 e. The quantitative estimate of drug-likeness (QED) is 0.321. The van der Waals surface area contributed by atoms with Gasteiger partial charge in [-0.05, 0) is 47.7 Å². The topological polar surface area (TPSA) is 102 Å². The van der Waals surface area contributed by atoms with Crippen molar-refractivity contribution in [2.75, 3.05) is 5.75 Å². The number of nitrogens with zero attached hydrogens (tertiary/aromatic N) is 4. The summed E-state index contributed by atoms with van der Waals surface area (Å²) >= 11 is 2.54. The van der Waals surface area contributed by atoms with Crippen LogP contribution < -0.4 is 10.9 Å². The summed E-state index contributed by atoms with van der Waals surface area (Å²) in [6, 6.07) is 15.3. The molecule has 0 unspecified atom stereocenters. The predicted octanol–water partition coefficient (Wildman–Crippen LogP) is 3.51. The third-order valence-corrected chi connectivity index (χ3v) is 6.37. The Bertz CT molecular complexity index is 1190. The summed E-state index contributed by atoms with van der Waals surface area (Å²) in [5.41, 5.74) is 7.84. The first-order valence-electron chi connectivity index (χ1n) is 9.86. The maximum absolute atomic E-state index is 12.3. The molecule has 0 aliphatic heterocycles. The Morgan fingerprint density at radius 3 is 2.50 bits per heavy atom. The SMILES string of the molecule is CCc1ccc(-n2c(SCC(=O)NNC(=O)c3cccs3)nnc2-c2ccncc2)cc1. The number of aromatic nitrogens is 4. The van der Waals surface area contributed by atoms with E-state index in [-0.39, 0.29) is 17.6 Å². The van der Waals surface area contributed by atoms with E-state index in [0.717, 1.165) is 17.7 Å². The maximum atomic E-state index is 12.3. The number of hydrazine groups is 1. The Kier molecular flexibility index (Phi) is 6.93. The second kappa shape index (κ2) is 10.2. The normalized spacial score (nSPS) is 10.7. The Morgan fingerprint density at radius 2 is 1.81 bits per heavy atom. The van der Waals surface area contributed by atoms with Crippen molar-refractivity contribution in [3.8, 4) is 17.1 Å². The number of amides is 2. The van der Waals surface area contributed by atoms with E-state index in [1.165, 1.54) is 28.7 Å². The van der Waals surface area contributed by atoms with Crippen LogP contribution in [0.5, 0.6) is 0 Å². The van der Waals surface area contributed by atoms with Gasteiger partial charge in [0, 0.05) is 23.6 Å². The molecule has 0 aliphatic rings. The molecule has 0 radical (unpaired) electrons. The van der Waals surface area contributed by atoms with Crippen LogP contribution in [-0.4, -0.2) is 37.3 Å². The third kappa shape index (κ3) is 5.04. The van der Waals surface area contributed by atoms with E-state index in [0.29, 0.717) is 15.9 Å². The summed E-state index contributed by atoms with van der Waals surface area (Å²) in [7, 11) is 0. The van der Waals surface area contributed by atoms with Crippen molar-refractivity contribution in [2.24, 2.45) is 0 Å². The molecule has 0 saturated heterocycles. The van der Waals surface area contributed by atoms with E-state index >= 15 is 0 Å². The number of aryl methyl sites for hydroxylation is 1. The van der Waals surface area contributed by atoms with E-state index in [1.54, 1.807) is 29.9 Å². The average Bonchev–Trinajstić information content (AvgIpc) is 3.52. The first-order valence-corrected chi connectivity index (χ1v) is 11.7. The van der Waals surface area contributed by atoms with Crippen molar-refractivity contribution in [1.29, 1.82) is 0 Å². The summed E-state index contributed by atoms with van der Waals surface area (Å²) in [6.45, 7) is 2.10. The average molecular weight is 465 g/mol. The molecule has 0 fully saturated rings. The van der Waals surface area contributed by atoms with Gasteiger partial charge in [0.25, 0.3) is 5.91 Å². The van der Waals surface area contributed by atoms with Crippen LogP contribution >= 0.6 is 23.1 Å². The fraction of sp³-hybridized carbons (Fsp3) is 0.136. The summed E-state index contributed by atoms with van der Waals surface area (Å²) in [5, 5.41) is 11.0. The van der Waals surface area contributed by atoms with Crippen LogP contribution in [0.25, 0.3) is 17.1 Å². The predicted molar refractivity (Wildman–Crippen MR) is 125 cm³/mol. The standard InChI is InChI=1S/C22H20N6O2S2/c1-2-15-5-7-17(8-6-15)28-20(16-9-11-23-12-10-16)25-27-22(28)32-14-19(29)24-26-21(30)18-4-3-13-31-18/h3-13H,2,14H2,1H3,(H,24,29)(H,26,30). The van der Waals surface area contributed by atoms with Crippen LogP contribution in [0.4, 0.5) is 0 Å². The van der Waals surface area contributed by atoms with E-state index < -0.39 is 0 Å². The highest BCUT2D eigenvalue weighted by Gasteiger charge is 2.17. The molecule has 0 atom stereocenters. The summed E-state index contributed by atoms with van der Waals surface area (Å²) in [4.78, 5) is 28.9. The minimum Gasteiger partial charge on any atom is -0.272 e. The molecule has 0 aliphatic carbocycles. The second-order valence-corrected chi connectivity index (χ2v) is 8.56. The Morgan fingerprint density at radius 1 is 1.03 bits per heavy atom. The molecule has 2 N–H and O–H groups in total. The molecule has 3 heterocycles. The lowest BCUT2D eigenvalue weighted by Gasteiger charge is -2.11. The number of hydrogen-bond acceptors (Lipinski definition) is 7. The lowest BCUT2D eigenvalue weighted by molar-refractivity contribution is -0.119. The van der Waals surface area contributed by atoms with Crippen LogP contribution in [0.2, 0.25) is 0 Å². The van der Waals surface area contributed by atoms with Crippen LogP contribution in [0, 0.1) is 0 Å². The van der Waals surface area contributed by atoms with Gasteiger partial charge in [0.1, 0.15) is 0 Å². The van der Waals surface area contributed by atoms with E-state index in [1.807, 2.05) is 28.8 Å². The van der Waals surface area contributed by atoms with Crippen molar-refractivity contribution >= 4 is 34.9 Å². The maximum Gasteiger partial charge on any atom is 0.279 e. The monoisotopic (exact) mass is 464 g/mol. The highest BCUT2D eigenvalue weighted by molar-refractivity contribution is 7.99. The van der Waals surface area contributed by atoms with Crippen molar-refractivity contribution in [1.82, 2.24) is 30.6 Å². The van der Waals surface area contributed by atoms with E-state index in [9.17, 15) is 9.59 Å². The number of thioether (sulfide) groups is 1. The number of nitrogens with one attached hydrogen (secondary N) is 2. The van der Waals surface area contributed by atoms with Crippen LogP contribution in [0.3, 0.4) is 0 Å². The van der Waals surface area contributed by atoms with Gasteiger partial charge >= 0.3 is 0 Å². The summed E-state index contributed by atoms with van der Waals surface area (Å²) in [5.74, 6) is 0.0241. The zero-order valence-corrected chi connectivity index (χ0v) is 18.8. The molecular formula is C22H20N6O2S2. The zero-order valence-electron chi connectivity index (χ0n) is 17.2. The summed E-state index contributed by atoms with van der Waals surface area (Å²) in [6.07, 6.45) is 4.34. The number of hydrogen-bond donors (Lipinski definition) is 2. The Labute approximate surface area is 193 Å². The van der Waals surface area contributed by atoms with Gasteiger partial charge in [0.2, 0.25) is 5.91 Å². The summed E-state index contributed by atoms with van der Waals surface area (Å²) < 4.78 is 1.91. The van der Waals surface area contributed by atoms with Gasteiger partial charge < -0.3 is 0 Å². The second-order valence-electron chi connectivity index (χ2n) is 6.67. The molecular weight excluding hydrogens is 444 g/mol. The Balaban J connectivity index is 1.51. The van der Waals surface area contributed by atoms with Gasteiger partial charge in [0.05, 0.1) is 10.6 Å². The molecule has 8 nitrogen and oxygen atoms in total. The van der Waals surface area contributed by atoms with Gasteiger partial charge in [0.15, 0.2) is 11.0 Å². The molecule has 0 saturated carbocycles. The number of thiophene rings is 1. The Hall–Kier alpha value is -3.50. The van der Waals surface area contributed by atoms with Crippen molar-refractivity contribution < 1.29 is 9.59 Å². The molecule has 0 bridgehead atoms. The van der Waals surface area contributed by atoms with Crippen molar-refractivity contribution in [3.05, 3.63) is 76.7 Å². The fourth-order valence-corrected chi connectivity index (χ4v) is 4.30. The number of carbonyl (C=O) groups is 2. The number of carbonyl (C=O) groups excluding carboxylic acids is 2. The number of pyridine rings is 1. The van der Waals surface area contributed by atoms with Crippen LogP contribution in [0.1, 0.15) is 22.2 Å². The van der Waals surface area contributed by atoms with Gasteiger partial charge in [-0.3, -0.25) is 30.0 Å². The van der Waals surface area contributed by atoms with Crippen LogP contribution in [-0.2, 0) is 11.2 Å². The smallest absolute Gasteiger partial charge is 0.272 e. The molecule has 10 heteroatoms. The molecule has 162 valence electrons. The molecule has 3 aromatic heterocycles. The number of rotatable bonds is 7. The molecule has 2 amide bonds. The van der Waals surface area contributed by atoms with Gasteiger partial charge in [-0.25, -0.2) is 0 Å². The first kappa shape index (κ1) is 21.7. The van der Waals surface area contributed by atoms with Gasteiger partial charge in [-0.1, -0.05) is 36.9 Å². The lowest BCUT2D eigenvalue weighted by Crippen LogP contribution is -2.42. The van der Waals surface area contributed by atoms with Crippen molar-refractivity contribution in [2.45, 2.75) is 18.5 Å². The van der Waals surface area contributed by atoms with E-state index in [2.05, 4.69) is 45.1 Å².